The quantitative estimate of drug-likeness (QED) is 0.250. The van der Waals surface area contributed by atoms with Gasteiger partial charge in [0.2, 0.25) is 0 Å². The summed E-state index contributed by atoms with van der Waals surface area (Å²) in [6.07, 6.45) is 20.4. The molecule has 1 unspecified atom stereocenters. The van der Waals surface area contributed by atoms with E-state index in [0.29, 0.717) is 6.42 Å². The van der Waals surface area contributed by atoms with Crippen LogP contribution in [0.3, 0.4) is 0 Å². The van der Waals surface area contributed by atoms with Gasteiger partial charge in [0.25, 0.3) is 10.1 Å². The third-order valence-corrected chi connectivity index (χ3v) is 5.45. The largest absolute Gasteiger partial charge is 0.327 e. The predicted octanol–water partition coefficient (Wildman–Crippen LogP) is 5.46. The van der Waals surface area contributed by atoms with Crippen LogP contribution < -0.4 is 5.73 Å². The minimum atomic E-state index is -3.92. The van der Waals surface area contributed by atoms with E-state index in [1.165, 1.54) is 83.5 Å². The summed E-state index contributed by atoms with van der Waals surface area (Å²) in [5.74, 6) is -0.314. The maximum atomic E-state index is 10.7. The van der Waals surface area contributed by atoms with Crippen LogP contribution in [0.25, 0.3) is 0 Å². The van der Waals surface area contributed by atoms with Gasteiger partial charge in [0.1, 0.15) is 0 Å². The standard InChI is InChI=1S/C19H41NO3S/c1-2-3-4-5-6-7-8-9-10-11-12-13-14-15-16-17-19(20)18-24(21,22)23/h19H,2-18,20H2,1H3,(H,21,22,23). The number of hydrogen-bond donors (Lipinski definition) is 2. The monoisotopic (exact) mass is 363 g/mol. The molecule has 3 N–H and O–H groups in total. The lowest BCUT2D eigenvalue weighted by Crippen LogP contribution is -2.29. The molecule has 0 radical (unpaired) electrons. The van der Waals surface area contributed by atoms with Gasteiger partial charge in [-0.2, -0.15) is 8.42 Å². The average Bonchev–Trinajstić information content (AvgIpc) is 2.49. The van der Waals surface area contributed by atoms with Crippen LogP contribution >= 0.6 is 0 Å². The highest BCUT2D eigenvalue weighted by atomic mass is 32.2. The van der Waals surface area contributed by atoms with Crippen molar-refractivity contribution in [2.45, 2.75) is 116 Å². The van der Waals surface area contributed by atoms with Crippen LogP contribution in [0.15, 0.2) is 0 Å². The molecule has 0 rings (SSSR count). The molecule has 1 atom stereocenters. The average molecular weight is 364 g/mol. The molecule has 0 saturated heterocycles. The summed E-state index contributed by atoms with van der Waals surface area (Å²) in [6.45, 7) is 2.26. The minimum Gasteiger partial charge on any atom is -0.327 e. The van der Waals surface area contributed by atoms with E-state index >= 15 is 0 Å². The van der Waals surface area contributed by atoms with Gasteiger partial charge in [-0.1, -0.05) is 103 Å². The van der Waals surface area contributed by atoms with E-state index in [4.69, 9.17) is 10.3 Å². The van der Waals surface area contributed by atoms with Crippen molar-refractivity contribution >= 4 is 10.1 Å². The lowest BCUT2D eigenvalue weighted by Gasteiger charge is -2.09. The summed E-state index contributed by atoms with van der Waals surface area (Å²) in [7, 11) is -3.92. The normalized spacial score (nSPS) is 13.3. The second-order valence-corrected chi connectivity index (χ2v) is 8.74. The molecular weight excluding hydrogens is 322 g/mol. The molecule has 24 heavy (non-hydrogen) atoms. The number of nitrogens with two attached hydrogens (primary N) is 1. The molecule has 0 spiro atoms. The molecular formula is C19H41NO3S. The minimum absolute atomic E-state index is 0.314. The summed E-state index contributed by atoms with van der Waals surface area (Å²) in [6, 6.07) is -0.429. The maximum absolute atomic E-state index is 10.7. The van der Waals surface area contributed by atoms with Gasteiger partial charge in [0, 0.05) is 6.04 Å². The highest BCUT2D eigenvalue weighted by Gasteiger charge is 2.11. The molecule has 146 valence electrons. The number of rotatable bonds is 18. The molecule has 0 aromatic heterocycles. The topological polar surface area (TPSA) is 80.4 Å². The van der Waals surface area contributed by atoms with Gasteiger partial charge in [0.05, 0.1) is 5.75 Å². The molecule has 5 heteroatoms. The Kier molecular flexibility index (Phi) is 16.3. The third kappa shape index (κ3) is 19.9. The van der Waals surface area contributed by atoms with Gasteiger partial charge in [-0.25, -0.2) is 0 Å². The van der Waals surface area contributed by atoms with Crippen LogP contribution in [0.1, 0.15) is 110 Å². The molecule has 0 aliphatic carbocycles. The predicted molar refractivity (Wildman–Crippen MR) is 104 cm³/mol. The fourth-order valence-corrected chi connectivity index (χ4v) is 3.84. The van der Waals surface area contributed by atoms with Crippen molar-refractivity contribution in [1.82, 2.24) is 0 Å². The lowest BCUT2D eigenvalue weighted by atomic mass is 10.0. The van der Waals surface area contributed by atoms with E-state index < -0.39 is 16.2 Å². The highest BCUT2D eigenvalue weighted by molar-refractivity contribution is 7.85. The van der Waals surface area contributed by atoms with Crippen LogP contribution in [0.5, 0.6) is 0 Å². The Balaban J connectivity index is 3.15. The van der Waals surface area contributed by atoms with E-state index in [1.54, 1.807) is 0 Å². The molecule has 0 aliphatic heterocycles. The van der Waals surface area contributed by atoms with Crippen molar-refractivity contribution in [3.63, 3.8) is 0 Å². The molecule has 0 saturated carbocycles. The Morgan fingerprint density at radius 2 is 1.04 bits per heavy atom. The zero-order valence-corrected chi connectivity index (χ0v) is 16.7. The Bertz CT molecular complexity index is 358. The van der Waals surface area contributed by atoms with Crippen LogP contribution in [-0.2, 0) is 10.1 Å². The number of hydrogen-bond acceptors (Lipinski definition) is 3. The third-order valence-electron chi connectivity index (χ3n) is 4.60. The maximum Gasteiger partial charge on any atom is 0.266 e. The smallest absolute Gasteiger partial charge is 0.266 e. The van der Waals surface area contributed by atoms with Gasteiger partial charge in [0.15, 0.2) is 0 Å². The first-order chi connectivity index (χ1) is 11.5. The Morgan fingerprint density at radius 1 is 0.708 bits per heavy atom. The second kappa shape index (κ2) is 16.3. The van der Waals surface area contributed by atoms with Gasteiger partial charge < -0.3 is 5.73 Å². The van der Waals surface area contributed by atoms with Crippen LogP contribution in [0.2, 0.25) is 0 Å². The van der Waals surface area contributed by atoms with E-state index in [1.807, 2.05) is 0 Å². The number of unbranched alkanes of at least 4 members (excludes halogenated alkanes) is 14. The first-order valence-corrected chi connectivity index (χ1v) is 11.8. The fraction of sp³-hybridized carbons (Fsp3) is 1.00. The van der Waals surface area contributed by atoms with Gasteiger partial charge in [-0.3, -0.25) is 4.55 Å². The Hall–Kier alpha value is -0.130. The van der Waals surface area contributed by atoms with Crippen molar-refractivity contribution in [2.75, 3.05) is 5.75 Å². The van der Waals surface area contributed by atoms with Gasteiger partial charge >= 0.3 is 0 Å². The van der Waals surface area contributed by atoms with Crippen molar-refractivity contribution in [3.05, 3.63) is 0 Å². The van der Waals surface area contributed by atoms with E-state index in [0.717, 1.165) is 12.8 Å². The fourth-order valence-electron chi connectivity index (χ4n) is 3.13. The second-order valence-electron chi connectivity index (χ2n) is 7.25. The van der Waals surface area contributed by atoms with E-state index in [-0.39, 0.29) is 5.75 Å². The lowest BCUT2D eigenvalue weighted by molar-refractivity contribution is 0.469. The van der Waals surface area contributed by atoms with Crippen molar-refractivity contribution in [3.8, 4) is 0 Å². The van der Waals surface area contributed by atoms with Crippen molar-refractivity contribution in [1.29, 1.82) is 0 Å². The highest BCUT2D eigenvalue weighted by Crippen LogP contribution is 2.14. The summed E-state index contributed by atoms with van der Waals surface area (Å²) in [5, 5.41) is 0. The molecule has 4 nitrogen and oxygen atoms in total. The molecule has 0 amide bonds. The van der Waals surface area contributed by atoms with Crippen LogP contribution in [-0.4, -0.2) is 24.8 Å². The van der Waals surface area contributed by atoms with E-state index in [2.05, 4.69) is 6.92 Å². The molecule has 0 fully saturated rings. The summed E-state index contributed by atoms with van der Waals surface area (Å²) in [4.78, 5) is 0. The zero-order chi connectivity index (χ0) is 18.1. The summed E-state index contributed by atoms with van der Waals surface area (Å²) >= 11 is 0. The van der Waals surface area contributed by atoms with E-state index in [9.17, 15) is 8.42 Å². The first-order valence-electron chi connectivity index (χ1n) is 10.2. The molecule has 0 aromatic carbocycles. The molecule has 0 aromatic rings. The SMILES string of the molecule is CCCCCCCCCCCCCCCCCC(N)CS(=O)(=O)O. The Morgan fingerprint density at radius 3 is 1.38 bits per heavy atom. The molecule has 0 bridgehead atoms. The van der Waals surface area contributed by atoms with Gasteiger partial charge in [-0.15, -0.1) is 0 Å². The van der Waals surface area contributed by atoms with Crippen LogP contribution in [0.4, 0.5) is 0 Å². The van der Waals surface area contributed by atoms with Gasteiger partial charge in [-0.05, 0) is 6.42 Å². The molecule has 0 aliphatic rings. The Labute approximate surface area is 150 Å². The van der Waals surface area contributed by atoms with Crippen LogP contribution in [0, 0.1) is 0 Å². The first kappa shape index (κ1) is 23.9. The zero-order valence-electron chi connectivity index (χ0n) is 15.8. The van der Waals surface area contributed by atoms with Crippen molar-refractivity contribution in [2.24, 2.45) is 5.73 Å². The summed E-state index contributed by atoms with van der Waals surface area (Å²) < 4.78 is 30.1. The summed E-state index contributed by atoms with van der Waals surface area (Å²) in [5.41, 5.74) is 5.67. The molecule has 0 heterocycles. The van der Waals surface area contributed by atoms with Crippen molar-refractivity contribution < 1.29 is 13.0 Å².